The number of aliphatic hydroxyl groups is 1. The lowest BCUT2D eigenvalue weighted by Gasteiger charge is -2.14. The Bertz CT molecular complexity index is 136. The minimum Gasteiger partial charge on any atom is -0.396 e. The molecule has 0 aliphatic rings. The molecule has 2 heteroatoms. The van der Waals surface area contributed by atoms with Gasteiger partial charge in [0.15, 0.2) is 0 Å². The first kappa shape index (κ1) is 14.7. The van der Waals surface area contributed by atoms with Gasteiger partial charge in [-0.1, -0.05) is 25.8 Å². The van der Waals surface area contributed by atoms with Gasteiger partial charge in [0.05, 0.1) is 0 Å². The van der Waals surface area contributed by atoms with Crippen LogP contribution in [0.25, 0.3) is 0 Å². The van der Waals surface area contributed by atoms with Gasteiger partial charge in [-0.2, -0.15) is 0 Å². The maximum atomic E-state index is 8.83. The molecule has 0 amide bonds. The summed E-state index contributed by atoms with van der Waals surface area (Å²) in [6, 6.07) is 0. The largest absolute Gasteiger partial charge is 0.396 e. The summed E-state index contributed by atoms with van der Waals surface area (Å²) < 4.78 is 0. The van der Waals surface area contributed by atoms with E-state index in [9.17, 15) is 0 Å². The Morgan fingerprint density at radius 3 is 2.73 bits per heavy atom. The van der Waals surface area contributed by atoms with E-state index in [4.69, 9.17) is 5.11 Å². The molecule has 90 valence electrons. The van der Waals surface area contributed by atoms with Crippen LogP contribution in [0, 0.1) is 5.92 Å². The zero-order valence-corrected chi connectivity index (χ0v) is 10.2. The molecule has 2 nitrogen and oxygen atoms in total. The molecular formula is C13H27NO. The molecule has 2 N–H and O–H groups in total. The number of aliphatic hydroxyl groups excluding tert-OH is 1. The molecule has 1 atom stereocenters. The summed E-state index contributed by atoms with van der Waals surface area (Å²) in [6.45, 7) is 8.38. The molecule has 0 aliphatic heterocycles. The molecule has 0 rings (SSSR count). The van der Waals surface area contributed by atoms with Crippen molar-refractivity contribution in [3.8, 4) is 0 Å². The van der Waals surface area contributed by atoms with Crippen molar-refractivity contribution in [2.45, 2.75) is 45.4 Å². The fourth-order valence-electron chi connectivity index (χ4n) is 1.65. The molecule has 0 spiro atoms. The topological polar surface area (TPSA) is 32.3 Å². The van der Waals surface area contributed by atoms with Crippen molar-refractivity contribution in [1.29, 1.82) is 0 Å². The zero-order valence-electron chi connectivity index (χ0n) is 10.2. The third kappa shape index (κ3) is 9.95. The van der Waals surface area contributed by atoms with Gasteiger partial charge in [0, 0.05) is 6.61 Å². The van der Waals surface area contributed by atoms with Crippen molar-refractivity contribution in [3.05, 3.63) is 12.7 Å². The van der Waals surface area contributed by atoms with Crippen LogP contribution in [-0.2, 0) is 0 Å². The summed E-state index contributed by atoms with van der Waals surface area (Å²) >= 11 is 0. The van der Waals surface area contributed by atoms with Crippen LogP contribution >= 0.6 is 0 Å². The number of nitrogens with one attached hydrogen (secondary N) is 1. The summed E-state index contributed by atoms with van der Waals surface area (Å²) in [5.41, 5.74) is 0. The molecule has 0 saturated carbocycles. The van der Waals surface area contributed by atoms with Gasteiger partial charge in [0.25, 0.3) is 0 Å². The fraction of sp³-hybridized carbons (Fsp3) is 0.846. The van der Waals surface area contributed by atoms with Crippen LogP contribution in [0.15, 0.2) is 12.7 Å². The Balaban J connectivity index is 3.17. The van der Waals surface area contributed by atoms with Gasteiger partial charge < -0.3 is 10.4 Å². The summed E-state index contributed by atoms with van der Waals surface area (Å²) in [6.07, 6.45) is 9.02. The molecule has 0 aromatic rings. The number of hydrogen-bond acceptors (Lipinski definition) is 2. The van der Waals surface area contributed by atoms with Gasteiger partial charge >= 0.3 is 0 Å². The van der Waals surface area contributed by atoms with Crippen LogP contribution in [0.1, 0.15) is 45.4 Å². The van der Waals surface area contributed by atoms with Gasteiger partial charge in [-0.05, 0) is 44.7 Å². The van der Waals surface area contributed by atoms with Crippen molar-refractivity contribution in [2.75, 3.05) is 19.7 Å². The smallest absolute Gasteiger partial charge is 0.0434 e. The van der Waals surface area contributed by atoms with E-state index in [1.54, 1.807) is 0 Å². The molecule has 0 bridgehead atoms. The van der Waals surface area contributed by atoms with E-state index in [0.29, 0.717) is 12.5 Å². The second-order valence-corrected chi connectivity index (χ2v) is 4.13. The van der Waals surface area contributed by atoms with Gasteiger partial charge in [-0.3, -0.25) is 0 Å². The van der Waals surface area contributed by atoms with E-state index in [2.05, 4.69) is 18.8 Å². The van der Waals surface area contributed by atoms with Crippen molar-refractivity contribution in [3.63, 3.8) is 0 Å². The molecule has 0 fully saturated rings. The highest BCUT2D eigenvalue weighted by Crippen LogP contribution is 2.05. The quantitative estimate of drug-likeness (QED) is 0.408. The van der Waals surface area contributed by atoms with Gasteiger partial charge in [-0.25, -0.2) is 0 Å². The maximum absolute atomic E-state index is 8.83. The number of rotatable bonds is 11. The molecular weight excluding hydrogens is 186 g/mol. The lowest BCUT2D eigenvalue weighted by atomic mass is 10.0. The Morgan fingerprint density at radius 1 is 1.33 bits per heavy atom. The summed E-state index contributed by atoms with van der Waals surface area (Å²) in [5, 5.41) is 12.3. The average molecular weight is 213 g/mol. The Morgan fingerprint density at radius 2 is 2.13 bits per heavy atom. The van der Waals surface area contributed by atoms with E-state index in [1.165, 1.54) is 19.3 Å². The van der Waals surface area contributed by atoms with Gasteiger partial charge in [-0.15, -0.1) is 6.58 Å². The molecule has 0 saturated heterocycles. The van der Waals surface area contributed by atoms with Crippen molar-refractivity contribution < 1.29 is 5.11 Å². The predicted molar refractivity (Wildman–Crippen MR) is 67.0 cm³/mol. The number of hydrogen-bond donors (Lipinski definition) is 2. The Kier molecular flexibility index (Phi) is 11.5. The predicted octanol–water partition coefficient (Wildman–Crippen LogP) is 2.73. The third-order valence-electron chi connectivity index (χ3n) is 2.81. The molecule has 0 aromatic carbocycles. The van der Waals surface area contributed by atoms with Gasteiger partial charge in [0.1, 0.15) is 0 Å². The Labute approximate surface area is 94.8 Å². The zero-order chi connectivity index (χ0) is 11.4. The molecule has 15 heavy (non-hydrogen) atoms. The number of allylic oxidation sites excluding steroid dienone is 1. The molecule has 0 radical (unpaired) electrons. The van der Waals surface area contributed by atoms with E-state index >= 15 is 0 Å². The average Bonchev–Trinajstić information content (AvgIpc) is 2.26. The van der Waals surface area contributed by atoms with E-state index in [-0.39, 0.29) is 0 Å². The van der Waals surface area contributed by atoms with E-state index in [0.717, 1.165) is 32.4 Å². The summed E-state index contributed by atoms with van der Waals surface area (Å²) in [5.74, 6) is 0.642. The SMILES string of the molecule is C=CCCCCCNCC(CC)CCO. The highest BCUT2D eigenvalue weighted by atomic mass is 16.3. The minimum atomic E-state index is 0.319. The minimum absolute atomic E-state index is 0.319. The van der Waals surface area contributed by atoms with Crippen LogP contribution in [0.5, 0.6) is 0 Å². The fourth-order valence-corrected chi connectivity index (χ4v) is 1.65. The Hall–Kier alpha value is -0.340. The molecule has 1 unspecified atom stereocenters. The lowest BCUT2D eigenvalue weighted by molar-refractivity contribution is 0.251. The summed E-state index contributed by atoms with van der Waals surface area (Å²) in [7, 11) is 0. The van der Waals surface area contributed by atoms with Crippen LogP contribution in [0.2, 0.25) is 0 Å². The molecule has 0 aromatic heterocycles. The van der Waals surface area contributed by atoms with Crippen molar-refractivity contribution in [2.24, 2.45) is 5.92 Å². The van der Waals surface area contributed by atoms with E-state index in [1.807, 2.05) is 6.08 Å². The number of unbranched alkanes of at least 4 members (excludes halogenated alkanes) is 3. The maximum Gasteiger partial charge on any atom is 0.0434 e. The van der Waals surface area contributed by atoms with Crippen LogP contribution in [0.4, 0.5) is 0 Å². The highest BCUT2D eigenvalue weighted by Gasteiger charge is 2.03. The monoisotopic (exact) mass is 213 g/mol. The van der Waals surface area contributed by atoms with Gasteiger partial charge in [0.2, 0.25) is 0 Å². The third-order valence-corrected chi connectivity index (χ3v) is 2.81. The van der Waals surface area contributed by atoms with E-state index < -0.39 is 0 Å². The first-order valence-electron chi connectivity index (χ1n) is 6.27. The van der Waals surface area contributed by atoms with Crippen LogP contribution < -0.4 is 5.32 Å². The molecule has 0 heterocycles. The summed E-state index contributed by atoms with van der Waals surface area (Å²) in [4.78, 5) is 0. The van der Waals surface area contributed by atoms with Crippen molar-refractivity contribution in [1.82, 2.24) is 5.32 Å². The lowest BCUT2D eigenvalue weighted by Crippen LogP contribution is -2.24. The first-order chi connectivity index (χ1) is 7.35. The highest BCUT2D eigenvalue weighted by molar-refractivity contribution is 4.66. The first-order valence-corrected chi connectivity index (χ1v) is 6.27. The van der Waals surface area contributed by atoms with Crippen LogP contribution in [0.3, 0.4) is 0 Å². The van der Waals surface area contributed by atoms with Crippen molar-refractivity contribution >= 4 is 0 Å². The standard InChI is InChI=1S/C13H27NO/c1-3-5-6-7-8-10-14-12-13(4-2)9-11-15/h3,13-15H,1,4-12H2,2H3. The second-order valence-electron chi connectivity index (χ2n) is 4.13. The molecule has 0 aliphatic carbocycles. The normalized spacial score (nSPS) is 12.7. The second kappa shape index (κ2) is 11.7. The van der Waals surface area contributed by atoms with Crippen LogP contribution in [-0.4, -0.2) is 24.8 Å².